The molecule has 0 aliphatic rings. The molecule has 3 N–H and O–H groups in total. The van der Waals surface area contributed by atoms with E-state index in [4.69, 9.17) is 10.2 Å². The van der Waals surface area contributed by atoms with Crippen molar-refractivity contribution in [3.8, 4) is 0 Å². The lowest BCUT2D eigenvalue weighted by Gasteiger charge is -2.29. The third-order valence-electron chi connectivity index (χ3n) is 6.52. The van der Waals surface area contributed by atoms with Crippen LogP contribution in [0.5, 0.6) is 0 Å². The Morgan fingerprint density at radius 2 is 1.11 bits per heavy atom. The summed E-state index contributed by atoms with van der Waals surface area (Å²) in [5, 5.41) is 20.6. The third-order valence-corrected chi connectivity index (χ3v) is 6.52. The summed E-state index contributed by atoms with van der Waals surface area (Å²) in [5.41, 5.74) is 0. The minimum absolute atomic E-state index is 0.181. The molecule has 0 heterocycles. The van der Waals surface area contributed by atoms with E-state index in [1.165, 1.54) is 89.9 Å². The summed E-state index contributed by atoms with van der Waals surface area (Å²) in [6, 6.07) is 0. The van der Waals surface area contributed by atoms with Gasteiger partial charge >= 0.3 is 11.9 Å². The van der Waals surface area contributed by atoms with E-state index in [1.807, 2.05) is 21.1 Å². The van der Waals surface area contributed by atoms with Crippen molar-refractivity contribution in [1.82, 2.24) is 5.32 Å². The molecule has 0 bridgehead atoms. The SMILES string of the molecule is CCCCCCCC/C=C\CCCCCCCCNCCC[N+](C)(C)CCC(=O)O.C[N+](C)(C)CC(=O)O. The standard InChI is InChI=1S/C26H52N2O2.C5H11NO2/c1-4-5-6-7-8-9-10-11-12-13-14-15-16-17-18-19-22-27-23-20-24-28(2,3)25-21-26(29)30;1-6(2,3)4-5(7)8/h11-12,27H,4-10,13-25H2,1-3H3;4H2,1-3H3/p+2/b12-11-;. The number of likely N-dealkylation sites (N-methyl/N-ethyl adjacent to an activating group) is 1. The van der Waals surface area contributed by atoms with Crippen LogP contribution >= 0.6 is 0 Å². The summed E-state index contributed by atoms with van der Waals surface area (Å²) in [6.45, 7) is 6.36. The Morgan fingerprint density at radius 3 is 1.55 bits per heavy atom. The first kappa shape index (κ1) is 38.7. The minimum Gasteiger partial charge on any atom is -0.481 e. The van der Waals surface area contributed by atoms with Crippen LogP contribution in [0.15, 0.2) is 12.2 Å². The molecule has 0 fully saturated rings. The van der Waals surface area contributed by atoms with Gasteiger partial charge in [-0.3, -0.25) is 4.79 Å². The molecule has 0 aliphatic heterocycles. The Morgan fingerprint density at radius 1 is 0.632 bits per heavy atom. The molecular weight excluding hydrogens is 478 g/mol. The highest BCUT2D eigenvalue weighted by Gasteiger charge is 2.15. The predicted octanol–water partition coefficient (Wildman–Crippen LogP) is 6.33. The van der Waals surface area contributed by atoms with Gasteiger partial charge in [0, 0.05) is 13.0 Å². The van der Waals surface area contributed by atoms with Crippen LogP contribution in [0.1, 0.15) is 110 Å². The zero-order valence-corrected chi connectivity index (χ0v) is 26.1. The van der Waals surface area contributed by atoms with Gasteiger partial charge in [0.25, 0.3) is 0 Å². The van der Waals surface area contributed by atoms with Gasteiger partial charge in [0.05, 0.1) is 54.7 Å². The summed E-state index contributed by atoms with van der Waals surface area (Å²) in [5.74, 6) is -1.45. The second-order valence-electron chi connectivity index (χ2n) is 12.4. The molecule has 7 nitrogen and oxygen atoms in total. The Hall–Kier alpha value is -1.44. The van der Waals surface area contributed by atoms with Crippen LogP contribution in [0.3, 0.4) is 0 Å². The normalized spacial score (nSPS) is 11.9. The number of carboxylic acids is 2. The molecule has 0 saturated heterocycles. The van der Waals surface area contributed by atoms with E-state index < -0.39 is 11.9 Å². The van der Waals surface area contributed by atoms with Crippen molar-refractivity contribution in [2.24, 2.45) is 0 Å². The molecular formula is C31H65N3O4+2. The number of quaternary nitrogens is 2. The Labute approximate surface area is 235 Å². The summed E-state index contributed by atoms with van der Waals surface area (Å²) >= 11 is 0. The molecule has 0 amide bonds. The number of carboxylic acid groups (broad SMARTS) is 2. The van der Waals surface area contributed by atoms with Crippen LogP contribution in [-0.2, 0) is 9.59 Å². The molecule has 0 aliphatic carbocycles. The largest absolute Gasteiger partial charge is 0.481 e. The van der Waals surface area contributed by atoms with E-state index in [-0.39, 0.29) is 13.0 Å². The van der Waals surface area contributed by atoms with Gasteiger partial charge in [-0.25, -0.2) is 4.79 Å². The maximum atomic E-state index is 10.7. The second-order valence-corrected chi connectivity index (χ2v) is 12.4. The summed E-state index contributed by atoms with van der Waals surface area (Å²) in [4.78, 5) is 20.7. The second kappa shape index (κ2) is 25.8. The molecule has 0 atom stereocenters. The summed E-state index contributed by atoms with van der Waals surface area (Å²) < 4.78 is 1.28. The smallest absolute Gasteiger partial charge is 0.359 e. The molecule has 0 aromatic rings. The first-order valence-corrected chi connectivity index (χ1v) is 15.3. The van der Waals surface area contributed by atoms with Crippen molar-refractivity contribution < 1.29 is 28.8 Å². The number of hydrogen-bond acceptors (Lipinski definition) is 3. The van der Waals surface area contributed by atoms with Gasteiger partial charge in [0.15, 0.2) is 6.54 Å². The number of carbonyl (C=O) groups is 2. The van der Waals surface area contributed by atoms with E-state index in [0.29, 0.717) is 11.0 Å². The molecule has 38 heavy (non-hydrogen) atoms. The van der Waals surface area contributed by atoms with Crippen LogP contribution in [0, 0.1) is 0 Å². The number of hydrogen-bond donors (Lipinski definition) is 3. The fourth-order valence-electron chi connectivity index (χ4n) is 4.17. The number of unbranched alkanes of at least 4 members (excludes halogenated alkanes) is 12. The molecule has 0 saturated carbocycles. The Kier molecular flexibility index (Phi) is 26.3. The highest BCUT2D eigenvalue weighted by atomic mass is 16.4. The van der Waals surface area contributed by atoms with Crippen molar-refractivity contribution in [1.29, 1.82) is 0 Å². The lowest BCUT2D eigenvalue weighted by molar-refractivity contribution is -0.889. The molecule has 0 radical (unpaired) electrons. The zero-order valence-electron chi connectivity index (χ0n) is 26.1. The first-order chi connectivity index (χ1) is 17.9. The van der Waals surface area contributed by atoms with Gasteiger partial charge in [0.1, 0.15) is 0 Å². The lowest BCUT2D eigenvalue weighted by Crippen LogP contribution is -2.43. The van der Waals surface area contributed by atoms with Gasteiger partial charge in [-0.2, -0.15) is 0 Å². The molecule has 7 heteroatoms. The van der Waals surface area contributed by atoms with Gasteiger partial charge in [-0.1, -0.05) is 76.9 Å². The van der Waals surface area contributed by atoms with Crippen LogP contribution in [0.2, 0.25) is 0 Å². The Bertz CT molecular complexity index is 586. The van der Waals surface area contributed by atoms with Crippen molar-refractivity contribution in [3.63, 3.8) is 0 Å². The van der Waals surface area contributed by atoms with E-state index in [1.54, 1.807) is 0 Å². The quantitative estimate of drug-likeness (QED) is 0.0711. The molecule has 0 unspecified atom stereocenters. The average Bonchev–Trinajstić information content (AvgIpc) is 2.80. The van der Waals surface area contributed by atoms with Crippen LogP contribution in [0.25, 0.3) is 0 Å². The van der Waals surface area contributed by atoms with E-state index in [2.05, 4.69) is 38.5 Å². The summed E-state index contributed by atoms with van der Waals surface area (Å²) in [6.07, 6.45) is 25.1. The Balaban J connectivity index is 0. The topological polar surface area (TPSA) is 86.6 Å². The monoisotopic (exact) mass is 543 g/mol. The fourth-order valence-corrected chi connectivity index (χ4v) is 4.17. The zero-order chi connectivity index (χ0) is 29.1. The van der Waals surface area contributed by atoms with E-state index in [0.717, 1.165) is 30.5 Å². The third kappa shape index (κ3) is 36.7. The summed E-state index contributed by atoms with van der Waals surface area (Å²) in [7, 11) is 9.76. The molecule has 0 aromatic carbocycles. The number of rotatable bonds is 25. The molecule has 0 aromatic heterocycles. The van der Waals surface area contributed by atoms with Gasteiger partial charge in [-0.05, 0) is 38.6 Å². The van der Waals surface area contributed by atoms with Crippen LogP contribution < -0.4 is 5.32 Å². The van der Waals surface area contributed by atoms with Crippen molar-refractivity contribution in [2.45, 2.75) is 110 Å². The predicted molar refractivity (Wildman–Crippen MR) is 162 cm³/mol. The first-order valence-electron chi connectivity index (χ1n) is 15.3. The molecule has 226 valence electrons. The molecule has 0 rings (SSSR count). The maximum absolute atomic E-state index is 10.7. The van der Waals surface area contributed by atoms with Crippen molar-refractivity contribution >= 4 is 11.9 Å². The van der Waals surface area contributed by atoms with Crippen LogP contribution in [-0.4, -0.2) is 99.1 Å². The van der Waals surface area contributed by atoms with Crippen molar-refractivity contribution in [3.05, 3.63) is 12.2 Å². The fraction of sp³-hybridized carbons (Fsp3) is 0.871. The number of nitrogens with one attached hydrogen (secondary N) is 1. The lowest BCUT2D eigenvalue weighted by atomic mass is 10.1. The maximum Gasteiger partial charge on any atom is 0.359 e. The number of allylic oxidation sites excluding steroid dienone is 2. The van der Waals surface area contributed by atoms with Crippen LogP contribution in [0.4, 0.5) is 0 Å². The van der Waals surface area contributed by atoms with Gasteiger partial charge < -0.3 is 24.5 Å². The highest BCUT2D eigenvalue weighted by Crippen LogP contribution is 2.10. The van der Waals surface area contributed by atoms with Crippen molar-refractivity contribution in [2.75, 3.05) is 68.0 Å². The van der Waals surface area contributed by atoms with Gasteiger partial charge in [-0.15, -0.1) is 0 Å². The van der Waals surface area contributed by atoms with E-state index in [9.17, 15) is 9.59 Å². The average molecular weight is 544 g/mol. The number of aliphatic carboxylic acids is 2. The number of nitrogens with zero attached hydrogens (tertiary/aromatic N) is 2. The van der Waals surface area contributed by atoms with E-state index >= 15 is 0 Å². The molecule has 0 spiro atoms. The van der Waals surface area contributed by atoms with Gasteiger partial charge in [0.2, 0.25) is 0 Å². The minimum atomic E-state index is -0.752. The highest BCUT2D eigenvalue weighted by molar-refractivity contribution is 5.67.